The van der Waals surface area contributed by atoms with Crippen LogP contribution in [0.1, 0.15) is 114 Å². The summed E-state index contributed by atoms with van der Waals surface area (Å²) in [7, 11) is 0. The maximum Gasteiger partial charge on any atom is 1.00 e. The molecule has 12 aliphatic heterocycles. The summed E-state index contributed by atoms with van der Waals surface area (Å²) in [4.78, 5) is 26.8. The van der Waals surface area contributed by atoms with Gasteiger partial charge in [0.2, 0.25) is 17.6 Å². The van der Waals surface area contributed by atoms with E-state index in [2.05, 4.69) is 91.1 Å². The Morgan fingerprint density at radius 1 is 0.403 bits per heavy atom. The van der Waals surface area contributed by atoms with Crippen LogP contribution in [0.15, 0.2) is 73.3 Å². The van der Waals surface area contributed by atoms with Crippen molar-refractivity contribution >= 4 is 13.2 Å². The van der Waals surface area contributed by atoms with Gasteiger partial charge >= 0.3 is 51.4 Å². The van der Waals surface area contributed by atoms with Gasteiger partial charge in [0.1, 0.15) is 31.5 Å². The molecule has 0 saturated carbocycles. The fourth-order valence-corrected chi connectivity index (χ4v) is 10.6. The normalized spacial score (nSPS) is 27.9. The maximum atomic E-state index is 11.1. The Kier molecular flexibility index (Phi) is 32.9. The minimum Gasteiger partial charge on any atom is -0.851 e. The summed E-state index contributed by atoms with van der Waals surface area (Å²) in [5.74, 6) is 5.10. The first-order valence-electron chi connectivity index (χ1n) is 29.4. The molecular formula is C62H103B2KN8O4. The molecule has 12 nitrogen and oxygen atoms in total. The molecule has 0 aromatic carbocycles. The predicted molar refractivity (Wildman–Crippen MR) is 319 cm³/mol. The molecule has 12 aliphatic rings. The van der Waals surface area contributed by atoms with E-state index < -0.39 is 0 Å². The van der Waals surface area contributed by atoms with Crippen LogP contribution >= 0.6 is 0 Å². The number of piperidine rings is 12. The van der Waals surface area contributed by atoms with Crippen molar-refractivity contribution in [3.05, 3.63) is 101 Å². The zero-order valence-corrected chi connectivity index (χ0v) is 53.2. The molecule has 16 rings (SSSR count). The van der Waals surface area contributed by atoms with Crippen LogP contribution < -0.4 is 70.7 Å². The zero-order chi connectivity index (χ0) is 54.3. The van der Waals surface area contributed by atoms with Crippen LogP contribution in [-0.2, 0) is 0 Å². The fraction of sp³-hybridized carbons (Fsp3) is 0.677. The van der Waals surface area contributed by atoms with E-state index in [1.165, 1.54) is 113 Å². The summed E-state index contributed by atoms with van der Waals surface area (Å²) < 4.78 is 18.0. The molecule has 0 radical (unpaired) electrons. The quantitative estimate of drug-likeness (QED) is 0.167. The van der Waals surface area contributed by atoms with Crippen LogP contribution in [-0.4, -0.2) is 156 Å². The van der Waals surface area contributed by atoms with E-state index in [1.807, 2.05) is 111 Å². The molecule has 16 heterocycles. The zero-order valence-electron chi connectivity index (χ0n) is 50.1. The van der Waals surface area contributed by atoms with Gasteiger partial charge in [-0.3, -0.25) is 19.7 Å². The molecule has 12 fully saturated rings. The van der Waals surface area contributed by atoms with Crippen LogP contribution in [0.3, 0.4) is 0 Å². The molecule has 0 unspecified atom stereocenters. The number of fused-ring (bicyclic) bond motifs is 12. The molecule has 15 heteroatoms. The third kappa shape index (κ3) is 23.9. The van der Waals surface area contributed by atoms with Crippen molar-refractivity contribution in [1.82, 2.24) is 39.5 Å². The van der Waals surface area contributed by atoms with E-state index >= 15 is 0 Å². The Balaban J connectivity index is 0.000000246. The van der Waals surface area contributed by atoms with Crippen molar-refractivity contribution in [2.45, 2.75) is 173 Å². The van der Waals surface area contributed by atoms with Crippen molar-refractivity contribution in [2.75, 3.05) is 78.5 Å². The minimum atomic E-state index is -0.257. The molecule has 422 valence electrons. The van der Waals surface area contributed by atoms with Gasteiger partial charge in [0.25, 0.3) is 0 Å². The average Bonchev–Trinajstić information content (AvgIpc) is 3.45. The molecule has 0 N–H and O–H groups in total. The first-order valence-corrected chi connectivity index (χ1v) is 29.4. The maximum absolute atomic E-state index is 11.1. The first kappa shape index (κ1) is 68.8. The van der Waals surface area contributed by atoms with Crippen molar-refractivity contribution < 1.29 is 70.7 Å². The molecule has 4 aromatic rings. The Bertz CT molecular complexity index is 1910. The molecule has 77 heavy (non-hydrogen) atoms. The standard InChI is InChI=1S/3C13H18N2O.C7H12NO.C7H9N.C4H12B2.2C2H6.CH4.K/c3*1-10-2-3-13(14-8-10)16-12-9-15-6-4-11(12)5-7-15;9-7-5-8-3-1-6(7)2-4-8;1-6-3-4-7(2)8-5-6;1-5(2)6(3)4;2*1-2;;/h3*2-3,8,11-12H,4-7,9H2,1H3;6-7H,1-5H2;3-5H,1-2H3;1-4H3;2*1-2H3;1H4;/q;;;-1;;;;;;+1/t3*12-;7-;;;;;;/m0000....../s1. The van der Waals surface area contributed by atoms with Gasteiger partial charge in [-0.25, -0.2) is 15.0 Å². The summed E-state index contributed by atoms with van der Waals surface area (Å²) in [5, 5.41) is 11.1. The second-order valence-corrected chi connectivity index (χ2v) is 22.5. The second-order valence-electron chi connectivity index (χ2n) is 22.5. The van der Waals surface area contributed by atoms with Crippen LogP contribution in [0.25, 0.3) is 0 Å². The van der Waals surface area contributed by atoms with Crippen molar-refractivity contribution in [2.24, 2.45) is 23.7 Å². The Hall–Kier alpha value is -2.43. The predicted octanol–water partition coefficient (Wildman–Crippen LogP) is 7.99. The van der Waals surface area contributed by atoms with Crippen LogP contribution in [0.5, 0.6) is 17.6 Å². The summed E-state index contributed by atoms with van der Waals surface area (Å²) in [5.41, 5.74) is 5.84. The molecule has 4 atom stereocenters. The Labute approximate surface area is 513 Å². The summed E-state index contributed by atoms with van der Waals surface area (Å²) in [6, 6.07) is 16.2. The average molecular weight is 1090 g/mol. The summed E-state index contributed by atoms with van der Waals surface area (Å²) >= 11 is 0. The van der Waals surface area contributed by atoms with Crippen LogP contribution in [0.2, 0.25) is 27.3 Å². The van der Waals surface area contributed by atoms with Gasteiger partial charge in [-0.1, -0.05) is 92.6 Å². The van der Waals surface area contributed by atoms with Gasteiger partial charge in [-0.05, 0) is 191 Å². The first-order chi connectivity index (χ1) is 36.2. The van der Waals surface area contributed by atoms with E-state index in [1.54, 1.807) is 0 Å². The summed E-state index contributed by atoms with van der Waals surface area (Å²) in [6.07, 6.45) is 18.4. The smallest absolute Gasteiger partial charge is 0.851 e. The third-order valence-corrected chi connectivity index (χ3v) is 16.2. The van der Waals surface area contributed by atoms with E-state index in [0.717, 1.165) is 93.3 Å². The number of aromatic nitrogens is 4. The van der Waals surface area contributed by atoms with Crippen LogP contribution in [0.4, 0.5) is 0 Å². The molecule has 12 saturated heterocycles. The topological polar surface area (TPSA) is 115 Å². The molecule has 0 aliphatic carbocycles. The van der Waals surface area contributed by atoms with E-state index in [-0.39, 0.29) is 64.9 Å². The number of rotatable bonds is 7. The summed E-state index contributed by atoms with van der Waals surface area (Å²) in [6.45, 7) is 42.8. The second kappa shape index (κ2) is 36.8. The van der Waals surface area contributed by atoms with E-state index in [0.29, 0.717) is 24.2 Å². The molecule has 8 bridgehead atoms. The number of hydrogen-bond acceptors (Lipinski definition) is 12. The van der Waals surface area contributed by atoms with Gasteiger partial charge in [0.05, 0.1) is 0 Å². The Morgan fingerprint density at radius 3 is 0.818 bits per heavy atom. The van der Waals surface area contributed by atoms with Gasteiger partial charge in [0.15, 0.2) is 0 Å². The van der Waals surface area contributed by atoms with Crippen molar-refractivity contribution in [1.29, 1.82) is 0 Å². The molecule has 0 amide bonds. The van der Waals surface area contributed by atoms with Crippen molar-refractivity contribution in [3.63, 3.8) is 0 Å². The monoisotopic (exact) mass is 1080 g/mol. The third-order valence-electron chi connectivity index (χ3n) is 16.2. The Morgan fingerprint density at radius 2 is 0.662 bits per heavy atom. The molecular weight excluding hydrogens is 981 g/mol. The number of aryl methyl sites for hydroxylation is 5. The van der Waals surface area contributed by atoms with Gasteiger partial charge < -0.3 is 24.2 Å². The SMILES string of the molecule is C.CB(C)B(C)C.CC.CC.Cc1ccc(C)nc1.Cc1ccc(O[C@H]2CN3CCC2CC3)nc1.Cc1ccc(O[C@H]2CN3CCC2CC3)nc1.Cc1ccc(O[C@H]2CN3CCC2CC3)nc1.[K+].[O-][C@H]1CN2CCC1CC2. The van der Waals surface area contributed by atoms with Gasteiger partial charge in [-0.2, -0.15) is 0 Å². The van der Waals surface area contributed by atoms with Gasteiger partial charge in [0, 0.05) is 68.3 Å². The molecule has 0 spiro atoms. The number of hydrogen-bond donors (Lipinski definition) is 0. The van der Waals surface area contributed by atoms with Crippen LogP contribution in [0, 0.1) is 58.3 Å². The number of ether oxygens (including phenoxy) is 3. The minimum absolute atomic E-state index is 0. The van der Waals surface area contributed by atoms with Crippen molar-refractivity contribution in [3.8, 4) is 17.6 Å². The van der Waals surface area contributed by atoms with Gasteiger partial charge in [-0.15, -0.1) is 6.10 Å². The number of pyridine rings is 4. The number of nitrogens with zero attached hydrogens (tertiary/aromatic N) is 8. The largest absolute Gasteiger partial charge is 1.00 e. The molecule has 4 aromatic heterocycles. The fourth-order valence-electron chi connectivity index (χ4n) is 10.6. The van der Waals surface area contributed by atoms with E-state index in [9.17, 15) is 5.11 Å². The van der Waals surface area contributed by atoms with E-state index in [4.69, 9.17) is 14.2 Å².